The van der Waals surface area contributed by atoms with Crippen LogP contribution in [-0.2, 0) is 10.2 Å². The maximum absolute atomic E-state index is 12.2. The van der Waals surface area contributed by atoms with Crippen molar-refractivity contribution >= 4 is 17.7 Å². The molecular weight excluding hydrogens is 364 g/mol. The molecule has 0 heterocycles. The van der Waals surface area contributed by atoms with Crippen LogP contribution in [-0.4, -0.2) is 42.5 Å². The van der Waals surface area contributed by atoms with Crippen molar-refractivity contribution in [2.24, 2.45) is 0 Å². The van der Waals surface area contributed by atoms with E-state index in [2.05, 4.69) is 16.7 Å². The Morgan fingerprint density at radius 2 is 2.04 bits per heavy atom. The van der Waals surface area contributed by atoms with Gasteiger partial charge in [0.05, 0.1) is 0 Å². The van der Waals surface area contributed by atoms with Crippen LogP contribution in [0.3, 0.4) is 0 Å². The number of carbonyl (C=O) groups excluding carboxylic acids is 1. The van der Waals surface area contributed by atoms with Crippen LogP contribution in [0.25, 0.3) is 0 Å². The lowest BCUT2D eigenvalue weighted by Crippen LogP contribution is -2.47. The second-order valence-corrected chi connectivity index (χ2v) is 8.89. The summed E-state index contributed by atoms with van der Waals surface area (Å²) < 4.78 is 5.41. The van der Waals surface area contributed by atoms with E-state index < -0.39 is 5.60 Å². The van der Waals surface area contributed by atoms with E-state index in [1.54, 1.807) is 0 Å². The van der Waals surface area contributed by atoms with Crippen molar-refractivity contribution in [1.29, 1.82) is 0 Å². The summed E-state index contributed by atoms with van der Waals surface area (Å²) in [5.74, 6) is 0. The number of aliphatic hydroxyl groups excluding tert-OH is 1. The van der Waals surface area contributed by atoms with E-state index in [0.717, 1.165) is 38.6 Å². The fourth-order valence-corrected chi connectivity index (χ4v) is 3.89. The molecule has 2 rings (SSSR count). The standard InChI is InChI=1S/C21H33ClN2O3/c1-20(2,3)27-19(26)24-15-21(16-6-4-7-17(22)14-16)10-8-18(9-11-21)23-12-5-13-25/h4,6-7,14,18,23,25H,5,8-13,15H2,1-3H3,(H,24,26). The first kappa shape index (κ1) is 22.0. The average Bonchev–Trinajstić information content (AvgIpc) is 2.60. The normalized spacial score (nSPS) is 23.1. The van der Waals surface area contributed by atoms with Crippen molar-refractivity contribution in [3.63, 3.8) is 0 Å². The molecule has 0 radical (unpaired) electrons. The van der Waals surface area contributed by atoms with Crippen molar-refractivity contribution < 1.29 is 14.6 Å². The van der Waals surface area contributed by atoms with E-state index in [1.165, 1.54) is 5.56 Å². The second-order valence-electron chi connectivity index (χ2n) is 8.45. The lowest BCUT2D eigenvalue weighted by Gasteiger charge is -2.41. The molecule has 6 heteroatoms. The summed E-state index contributed by atoms with van der Waals surface area (Å²) in [5.41, 5.74) is 0.512. The summed E-state index contributed by atoms with van der Waals surface area (Å²) in [6.45, 7) is 7.17. The number of carbonyl (C=O) groups is 1. The first-order valence-corrected chi connectivity index (χ1v) is 10.2. The van der Waals surface area contributed by atoms with Crippen molar-refractivity contribution in [3.8, 4) is 0 Å². The summed E-state index contributed by atoms with van der Waals surface area (Å²) in [5, 5.41) is 16.2. The number of ether oxygens (including phenoxy) is 1. The number of hydrogen-bond acceptors (Lipinski definition) is 4. The van der Waals surface area contributed by atoms with E-state index in [0.29, 0.717) is 17.6 Å². The van der Waals surface area contributed by atoms with Crippen LogP contribution in [0, 0.1) is 0 Å². The Bertz CT molecular complexity index is 608. The third-order valence-electron chi connectivity index (χ3n) is 5.12. The Hall–Kier alpha value is -1.30. The maximum Gasteiger partial charge on any atom is 0.407 e. The zero-order valence-corrected chi connectivity index (χ0v) is 17.4. The van der Waals surface area contributed by atoms with Crippen LogP contribution < -0.4 is 10.6 Å². The van der Waals surface area contributed by atoms with Gasteiger partial charge in [-0.3, -0.25) is 0 Å². The first-order valence-electron chi connectivity index (χ1n) is 9.81. The van der Waals surface area contributed by atoms with E-state index in [4.69, 9.17) is 21.4 Å². The molecule has 152 valence electrons. The largest absolute Gasteiger partial charge is 0.444 e. The molecule has 0 atom stereocenters. The molecule has 1 aromatic rings. The fraction of sp³-hybridized carbons (Fsp3) is 0.667. The Kier molecular flexibility index (Phi) is 7.95. The molecule has 0 saturated heterocycles. The van der Waals surface area contributed by atoms with E-state index >= 15 is 0 Å². The number of rotatable bonds is 7. The minimum absolute atomic E-state index is 0.142. The van der Waals surface area contributed by atoms with Crippen molar-refractivity contribution in [3.05, 3.63) is 34.9 Å². The number of amides is 1. The van der Waals surface area contributed by atoms with Gasteiger partial charge < -0.3 is 20.5 Å². The number of aliphatic hydroxyl groups is 1. The number of halogens is 1. The van der Waals surface area contributed by atoms with Gasteiger partial charge in [0.1, 0.15) is 5.60 Å². The number of alkyl carbamates (subject to hydrolysis) is 1. The molecule has 27 heavy (non-hydrogen) atoms. The molecule has 1 amide bonds. The fourth-order valence-electron chi connectivity index (χ4n) is 3.70. The van der Waals surface area contributed by atoms with Gasteiger partial charge >= 0.3 is 6.09 Å². The Morgan fingerprint density at radius 1 is 1.33 bits per heavy atom. The van der Waals surface area contributed by atoms with Crippen LogP contribution in [0.2, 0.25) is 5.02 Å². The van der Waals surface area contributed by atoms with Gasteiger partial charge in [-0.25, -0.2) is 4.79 Å². The Morgan fingerprint density at radius 3 is 2.63 bits per heavy atom. The van der Waals surface area contributed by atoms with Gasteiger partial charge in [-0.15, -0.1) is 0 Å². The van der Waals surface area contributed by atoms with Gasteiger partial charge in [-0.2, -0.15) is 0 Å². The molecule has 0 unspecified atom stereocenters. The highest BCUT2D eigenvalue weighted by Crippen LogP contribution is 2.40. The predicted octanol–water partition coefficient (Wildman–Crippen LogP) is 4.02. The molecule has 3 N–H and O–H groups in total. The number of benzene rings is 1. The van der Waals surface area contributed by atoms with Gasteiger partial charge in [0.25, 0.3) is 0 Å². The van der Waals surface area contributed by atoms with Crippen molar-refractivity contribution in [2.75, 3.05) is 19.7 Å². The van der Waals surface area contributed by atoms with E-state index in [-0.39, 0.29) is 18.1 Å². The first-order chi connectivity index (χ1) is 12.7. The average molecular weight is 397 g/mol. The third-order valence-corrected chi connectivity index (χ3v) is 5.35. The molecule has 0 bridgehead atoms. The van der Waals surface area contributed by atoms with Gasteiger partial charge in [-0.1, -0.05) is 23.7 Å². The molecule has 1 saturated carbocycles. The Labute approximate surface area is 167 Å². The lowest BCUT2D eigenvalue weighted by atomic mass is 9.68. The van der Waals surface area contributed by atoms with Gasteiger partial charge in [0.15, 0.2) is 0 Å². The Balaban J connectivity index is 2.06. The molecular formula is C21H33ClN2O3. The summed E-state index contributed by atoms with van der Waals surface area (Å²) in [7, 11) is 0. The highest BCUT2D eigenvalue weighted by Gasteiger charge is 2.37. The van der Waals surface area contributed by atoms with Gasteiger partial charge in [0.2, 0.25) is 0 Å². The van der Waals surface area contributed by atoms with Crippen molar-refractivity contribution in [2.45, 2.75) is 69.9 Å². The quantitative estimate of drug-likeness (QED) is 0.609. The highest BCUT2D eigenvalue weighted by atomic mass is 35.5. The zero-order chi connectivity index (χ0) is 19.9. The van der Waals surface area contributed by atoms with E-state index in [9.17, 15) is 4.79 Å². The van der Waals surface area contributed by atoms with Crippen LogP contribution >= 0.6 is 11.6 Å². The maximum atomic E-state index is 12.2. The molecule has 0 aliphatic heterocycles. The number of nitrogens with one attached hydrogen (secondary N) is 2. The summed E-state index contributed by atoms with van der Waals surface area (Å²) in [6, 6.07) is 8.41. The molecule has 1 aliphatic carbocycles. The van der Waals surface area contributed by atoms with Crippen molar-refractivity contribution in [1.82, 2.24) is 10.6 Å². The summed E-state index contributed by atoms with van der Waals surface area (Å²) in [6.07, 6.45) is 4.35. The zero-order valence-electron chi connectivity index (χ0n) is 16.7. The molecule has 1 fully saturated rings. The molecule has 1 aromatic carbocycles. The van der Waals surface area contributed by atoms with Crippen LogP contribution in [0.4, 0.5) is 4.79 Å². The van der Waals surface area contributed by atoms with Crippen LogP contribution in [0.15, 0.2) is 24.3 Å². The van der Waals surface area contributed by atoms with Gasteiger partial charge in [0, 0.05) is 29.6 Å². The summed E-state index contributed by atoms with van der Waals surface area (Å²) in [4.78, 5) is 12.2. The minimum atomic E-state index is -0.512. The number of hydrogen-bond donors (Lipinski definition) is 3. The minimum Gasteiger partial charge on any atom is -0.444 e. The lowest BCUT2D eigenvalue weighted by molar-refractivity contribution is 0.0506. The monoisotopic (exact) mass is 396 g/mol. The highest BCUT2D eigenvalue weighted by molar-refractivity contribution is 6.30. The second kappa shape index (κ2) is 9.76. The smallest absolute Gasteiger partial charge is 0.407 e. The van der Waals surface area contributed by atoms with E-state index in [1.807, 2.05) is 39.0 Å². The third kappa shape index (κ3) is 6.98. The molecule has 1 aliphatic rings. The molecule has 0 aromatic heterocycles. The topological polar surface area (TPSA) is 70.6 Å². The van der Waals surface area contributed by atoms with Gasteiger partial charge in [-0.05, 0) is 77.1 Å². The summed E-state index contributed by atoms with van der Waals surface area (Å²) >= 11 is 6.24. The molecule has 5 nitrogen and oxygen atoms in total. The predicted molar refractivity (Wildman–Crippen MR) is 109 cm³/mol. The molecule has 0 spiro atoms. The van der Waals surface area contributed by atoms with Crippen LogP contribution in [0.1, 0.15) is 58.4 Å². The SMILES string of the molecule is CC(C)(C)OC(=O)NCC1(c2cccc(Cl)c2)CCC(NCCCO)CC1. The van der Waals surface area contributed by atoms with Crippen LogP contribution in [0.5, 0.6) is 0 Å².